The molecule has 0 bridgehead atoms. The van der Waals surface area contributed by atoms with Gasteiger partial charge in [0.25, 0.3) is 0 Å². The van der Waals surface area contributed by atoms with E-state index < -0.39 is 0 Å². The molecule has 0 aliphatic carbocycles. The number of hydrogen-bond donors (Lipinski definition) is 1. The molecule has 6 nitrogen and oxygen atoms in total. The van der Waals surface area contributed by atoms with E-state index in [1.165, 1.54) is 4.88 Å². The Bertz CT molecular complexity index is 591. The number of aromatic nitrogens is 3. The molecule has 0 atom stereocenters. The van der Waals surface area contributed by atoms with Crippen LogP contribution >= 0.6 is 11.3 Å². The van der Waals surface area contributed by atoms with Crippen molar-refractivity contribution in [2.24, 2.45) is 0 Å². The third kappa shape index (κ3) is 3.24. The lowest BCUT2D eigenvalue weighted by Gasteiger charge is -2.35. The summed E-state index contributed by atoms with van der Waals surface area (Å²) in [5.74, 6) is 1.70. The van der Waals surface area contributed by atoms with E-state index in [9.17, 15) is 0 Å². The van der Waals surface area contributed by atoms with Gasteiger partial charge in [-0.05, 0) is 19.9 Å². The maximum atomic E-state index is 4.56. The first-order valence-corrected chi connectivity index (χ1v) is 8.07. The lowest BCUT2D eigenvalue weighted by molar-refractivity contribution is 0.645. The highest BCUT2D eigenvalue weighted by Gasteiger charge is 2.20. The number of rotatable bonds is 4. The minimum absolute atomic E-state index is 0.702. The van der Waals surface area contributed by atoms with E-state index in [0.717, 1.165) is 43.7 Å². The third-order valence-electron chi connectivity index (χ3n) is 3.46. The molecule has 0 spiro atoms. The van der Waals surface area contributed by atoms with Crippen molar-refractivity contribution in [3.8, 4) is 0 Å². The summed E-state index contributed by atoms with van der Waals surface area (Å²) in [6, 6.07) is 1.98. The first-order valence-electron chi connectivity index (χ1n) is 7.25. The quantitative estimate of drug-likeness (QED) is 0.932. The highest BCUT2D eigenvalue weighted by atomic mass is 32.1. The third-order valence-corrected chi connectivity index (χ3v) is 4.43. The molecule has 2 aromatic heterocycles. The van der Waals surface area contributed by atoms with Crippen LogP contribution in [0.2, 0.25) is 0 Å². The number of anilines is 3. The number of hydrogen-bond acceptors (Lipinski definition) is 7. The van der Waals surface area contributed by atoms with Gasteiger partial charge in [0, 0.05) is 50.0 Å². The van der Waals surface area contributed by atoms with E-state index in [2.05, 4.69) is 37.0 Å². The second kappa shape index (κ2) is 6.26. The van der Waals surface area contributed by atoms with Crippen molar-refractivity contribution in [1.82, 2.24) is 15.0 Å². The van der Waals surface area contributed by atoms with Crippen molar-refractivity contribution >= 4 is 28.2 Å². The van der Waals surface area contributed by atoms with Gasteiger partial charge in [-0.25, -0.2) is 9.97 Å². The van der Waals surface area contributed by atoms with Crippen molar-refractivity contribution in [1.29, 1.82) is 0 Å². The van der Waals surface area contributed by atoms with Gasteiger partial charge in [0.05, 0.1) is 0 Å². The van der Waals surface area contributed by atoms with Gasteiger partial charge in [0.15, 0.2) is 5.13 Å². The minimum Gasteiger partial charge on any atom is -0.354 e. The molecule has 1 aliphatic rings. The van der Waals surface area contributed by atoms with Crippen molar-refractivity contribution in [2.75, 3.05) is 47.8 Å². The molecule has 2 aromatic rings. The summed E-state index contributed by atoms with van der Waals surface area (Å²) >= 11 is 1.76. The molecule has 0 aromatic carbocycles. The standard InChI is InChI=1S/C14H20N6S/c1-3-15-13-16-5-4-12(18-13)19-6-8-20(9-7-19)14-17-10-11(2)21-14/h4-5,10H,3,6-9H2,1-2H3,(H,15,16,18). The summed E-state index contributed by atoms with van der Waals surface area (Å²) in [6.45, 7) is 8.86. The molecule has 1 aliphatic heterocycles. The Balaban J connectivity index is 1.64. The lowest BCUT2D eigenvalue weighted by Crippen LogP contribution is -2.46. The Morgan fingerprint density at radius 2 is 1.95 bits per heavy atom. The normalized spacial score (nSPS) is 15.3. The topological polar surface area (TPSA) is 57.2 Å². The van der Waals surface area contributed by atoms with Gasteiger partial charge in [-0.3, -0.25) is 0 Å². The smallest absolute Gasteiger partial charge is 0.224 e. The monoisotopic (exact) mass is 304 g/mol. The number of thiazole rings is 1. The lowest BCUT2D eigenvalue weighted by atomic mass is 10.3. The largest absolute Gasteiger partial charge is 0.354 e. The van der Waals surface area contributed by atoms with Gasteiger partial charge in [0.2, 0.25) is 5.95 Å². The number of nitrogens with one attached hydrogen (secondary N) is 1. The van der Waals surface area contributed by atoms with Crippen LogP contribution in [0, 0.1) is 6.92 Å². The van der Waals surface area contributed by atoms with E-state index >= 15 is 0 Å². The predicted molar refractivity (Wildman–Crippen MR) is 87.5 cm³/mol. The summed E-state index contributed by atoms with van der Waals surface area (Å²) in [7, 11) is 0. The van der Waals surface area contributed by atoms with Gasteiger partial charge < -0.3 is 15.1 Å². The molecule has 3 rings (SSSR count). The Kier molecular flexibility index (Phi) is 4.19. The van der Waals surface area contributed by atoms with Crippen LogP contribution in [0.5, 0.6) is 0 Å². The zero-order chi connectivity index (χ0) is 14.7. The highest BCUT2D eigenvalue weighted by Crippen LogP contribution is 2.24. The molecule has 0 saturated carbocycles. The number of nitrogens with zero attached hydrogens (tertiary/aromatic N) is 5. The molecule has 1 N–H and O–H groups in total. The fourth-order valence-corrected chi connectivity index (χ4v) is 3.19. The first-order chi connectivity index (χ1) is 10.3. The van der Waals surface area contributed by atoms with Crippen LogP contribution in [0.3, 0.4) is 0 Å². The SMILES string of the molecule is CCNc1nccc(N2CCN(c3ncc(C)s3)CC2)n1. The van der Waals surface area contributed by atoms with Gasteiger partial charge in [0.1, 0.15) is 5.82 Å². The van der Waals surface area contributed by atoms with Crippen LogP contribution in [0.4, 0.5) is 16.9 Å². The van der Waals surface area contributed by atoms with Crippen molar-refractivity contribution in [3.63, 3.8) is 0 Å². The van der Waals surface area contributed by atoms with E-state index in [1.54, 1.807) is 11.3 Å². The predicted octanol–water partition coefficient (Wildman–Crippen LogP) is 2.00. The van der Waals surface area contributed by atoms with Crippen LogP contribution in [-0.4, -0.2) is 47.7 Å². The Hall–Kier alpha value is -1.89. The second-order valence-electron chi connectivity index (χ2n) is 5.00. The molecule has 3 heterocycles. The van der Waals surface area contributed by atoms with Crippen LogP contribution in [0.15, 0.2) is 18.5 Å². The Morgan fingerprint density at radius 3 is 2.62 bits per heavy atom. The number of aryl methyl sites for hydroxylation is 1. The fraction of sp³-hybridized carbons (Fsp3) is 0.500. The summed E-state index contributed by atoms with van der Waals surface area (Å²) in [6.07, 6.45) is 3.76. The summed E-state index contributed by atoms with van der Waals surface area (Å²) < 4.78 is 0. The number of piperazine rings is 1. The first kappa shape index (κ1) is 14.1. The van der Waals surface area contributed by atoms with Gasteiger partial charge in [-0.2, -0.15) is 4.98 Å². The zero-order valence-corrected chi connectivity index (χ0v) is 13.2. The molecule has 0 amide bonds. The summed E-state index contributed by atoms with van der Waals surface area (Å²) in [5.41, 5.74) is 0. The van der Waals surface area contributed by atoms with Gasteiger partial charge >= 0.3 is 0 Å². The molecule has 0 unspecified atom stereocenters. The fourth-order valence-electron chi connectivity index (χ4n) is 2.38. The molecule has 1 fully saturated rings. The second-order valence-corrected chi connectivity index (χ2v) is 6.21. The Labute approximate surface area is 128 Å². The highest BCUT2D eigenvalue weighted by molar-refractivity contribution is 7.15. The van der Waals surface area contributed by atoms with E-state index in [4.69, 9.17) is 0 Å². The van der Waals surface area contributed by atoms with Crippen molar-refractivity contribution in [3.05, 3.63) is 23.3 Å². The van der Waals surface area contributed by atoms with E-state index in [0.29, 0.717) is 5.95 Å². The van der Waals surface area contributed by atoms with Crippen molar-refractivity contribution in [2.45, 2.75) is 13.8 Å². The summed E-state index contributed by atoms with van der Waals surface area (Å²) in [4.78, 5) is 19.2. The molecule has 1 saturated heterocycles. The maximum Gasteiger partial charge on any atom is 0.224 e. The molecular weight excluding hydrogens is 284 g/mol. The van der Waals surface area contributed by atoms with E-state index in [-0.39, 0.29) is 0 Å². The average Bonchev–Trinajstić information content (AvgIpc) is 2.95. The Morgan fingerprint density at radius 1 is 1.19 bits per heavy atom. The van der Waals surface area contributed by atoms with Crippen LogP contribution in [0.25, 0.3) is 0 Å². The molecule has 0 radical (unpaired) electrons. The van der Waals surface area contributed by atoms with Crippen LogP contribution in [0.1, 0.15) is 11.8 Å². The van der Waals surface area contributed by atoms with Crippen LogP contribution < -0.4 is 15.1 Å². The molecular formula is C14H20N6S. The minimum atomic E-state index is 0.702. The van der Waals surface area contributed by atoms with E-state index in [1.807, 2.05) is 25.4 Å². The molecule has 112 valence electrons. The maximum absolute atomic E-state index is 4.56. The average molecular weight is 304 g/mol. The van der Waals surface area contributed by atoms with Gasteiger partial charge in [-0.15, -0.1) is 11.3 Å². The van der Waals surface area contributed by atoms with Gasteiger partial charge in [-0.1, -0.05) is 0 Å². The summed E-state index contributed by atoms with van der Waals surface area (Å²) in [5, 5.41) is 4.28. The zero-order valence-electron chi connectivity index (χ0n) is 12.4. The molecule has 21 heavy (non-hydrogen) atoms. The molecule has 7 heteroatoms. The van der Waals surface area contributed by atoms with Crippen molar-refractivity contribution < 1.29 is 0 Å². The van der Waals surface area contributed by atoms with Crippen LogP contribution in [-0.2, 0) is 0 Å².